The zero-order valence-electron chi connectivity index (χ0n) is 18.8. The van der Waals surface area contributed by atoms with Gasteiger partial charge in [-0.2, -0.15) is 0 Å². The molecule has 0 aliphatic heterocycles. The average Bonchev–Trinajstić information content (AvgIpc) is 2.83. The van der Waals surface area contributed by atoms with Gasteiger partial charge in [0.25, 0.3) is 5.91 Å². The first-order chi connectivity index (χ1) is 16.8. The molecule has 0 radical (unpaired) electrons. The Kier molecular flexibility index (Phi) is 9.81. The standard InChI is InChI=1S/C26H25BrClN3O4/c27-20-6-3-7-21(28)24(20)25(33)31-22(26(34)35)16-18-11-9-17(10-12-18)15-19(32)5-4-14-30-23-8-1-2-13-29-23/h1-3,6-13,22H,4-5,14-16H2,(H,29,30)(H,31,33)(H,34,35)/t22-/m0/s1. The van der Waals surface area contributed by atoms with Crippen molar-refractivity contribution < 1.29 is 19.5 Å². The molecular formula is C26H25BrClN3O4. The van der Waals surface area contributed by atoms with Crippen molar-refractivity contribution in [1.82, 2.24) is 10.3 Å². The number of hydrogen-bond donors (Lipinski definition) is 3. The van der Waals surface area contributed by atoms with Gasteiger partial charge >= 0.3 is 5.97 Å². The van der Waals surface area contributed by atoms with Crippen LogP contribution in [0, 0.1) is 0 Å². The maximum Gasteiger partial charge on any atom is 0.326 e. The number of nitrogens with zero attached hydrogens (tertiary/aromatic N) is 1. The Labute approximate surface area is 217 Å². The monoisotopic (exact) mass is 557 g/mol. The summed E-state index contributed by atoms with van der Waals surface area (Å²) in [6.07, 6.45) is 3.27. The van der Waals surface area contributed by atoms with Crippen LogP contribution in [0.25, 0.3) is 0 Å². The maximum absolute atomic E-state index is 12.6. The van der Waals surface area contributed by atoms with Crippen LogP contribution >= 0.6 is 27.5 Å². The molecule has 0 unspecified atom stereocenters. The predicted molar refractivity (Wildman–Crippen MR) is 139 cm³/mol. The van der Waals surface area contributed by atoms with Crippen LogP contribution in [0.15, 0.2) is 71.3 Å². The molecule has 0 aliphatic carbocycles. The Balaban J connectivity index is 1.49. The van der Waals surface area contributed by atoms with E-state index in [0.717, 1.165) is 16.9 Å². The molecule has 0 saturated heterocycles. The highest BCUT2D eigenvalue weighted by Gasteiger charge is 2.23. The van der Waals surface area contributed by atoms with Crippen LogP contribution in [-0.2, 0) is 22.4 Å². The Hall–Kier alpha value is -3.23. The van der Waals surface area contributed by atoms with Crippen molar-refractivity contribution >= 4 is 51.0 Å². The van der Waals surface area contributed by atoms with Gasteiger partial charge in [-0.05, 0) is 57.7 Å². The van der Waals surface area contributed by atoms with E-state index >= 15 is 0 Å². The lowest BCUT2D eigenvalue weighted by Crippen LogP contribution is -2.42. The fraction of sp³-hybridized carbons (Fsp3) is 0.231. The highest BCUT2D eigenvalue weighted by atomic mass is 79.9. The van der Waals surface area contributed by atoms with Crippen molar-refractivity contribution in [2.45, 2.75) is 31.7 Å². The molecule has 0 spiro atoms. The fourth-order valence-electron chi connectivity index (χ4n) is 3.46. The minimum Gasteiger partial charge on any atom is -0.480 e. The van der Waals surface area contributed by atoms with E-state index in [1.807, 2.05) is 30.3 Å². The molecule has 1 heterocycles. The third-order valence-corrected chi connectivity index (χ3v) is 6.24. The van der Waals surface area contributed by atoms with E-state index < -0.39 is 17.9 Å². The van der Waals surface area contributed by atoms with E-state index in [9.17, 15) is 19.5 Å². The van der Waals surface area contributed by atoms with Gasteiger partial charge in [-0.1, -0.05) is 48.0 Å². The fourth-order valence-corrected chi connectivity index (χ4v) is 4.38. The number of carbonyl (C=O) groups is 3. The number of amides is 1. The summed E-state index contributed by atoms with van der Waals surface area (Å²) in [5, 5.41) is 15.5. The van der Waals surface area contributed by atoms with Crippen LogP contribution < -0.4 is 10.6 Å². The molecule has 3 rings (SSSR count). The van der Waals surface area contributed by atoms with Gasteiger partial charge in [0.2, 0.25) is 0 Å². The zero-order chi connectivity index (χ0) is 25.2. The van der Waals surface area contributed by atoms with E-state index in [0.29, 0.717) is 30.3 Å². The molecule has 3 N–H and O–H groups in total. The van der Waals surface area contributed by atoms with E-state index in [2.05, 4.69) is 31.5 Å². The molecule has 3 aromatic rings. The summed E-state index contributed by atoms with van der Waals surface area (Å²) in [6.45, 7) is 0.661. The van der Waals surface area contributed by atoms with Crippen LogP contribution in [-0.4, -0.2) is 40.3 Å². The van der Waals surface area contributed by atoms with E-state index in [4.69, 9.17) is 11.6 Å². The Morgan fingerprint density at radius 1 is 1.00 bits per heavy atom. The number of carboxylic acids is 1. The highest BCUT2D eigenvalue weighted by molar-refractivity contribution is 9.10. The smallest absolute Gasteiger partial charge is 0.326 e. The van der Waals surface area contributed by atoms with Gasteiger partial charge < -0.3 is 15.7 Å². The van der Waals surface area contributed by atoms with Gasteiger partial charge in [-0.3, -0.25) is 9.59 Å². The molecular weight excluding hydrogens is 534 g/mol. The molecule has 35 heavy (non-hydrogen) atoms. The molecule has 182 valence electrons. The molecule has 1 amide bonds. The first-order valence-electron chi connectivity index (χ1n) is 11.1. The van der Waals surface area contributed by atoms with Crippen molar-refractivity contribution in [3.05, 3.63) is 93.0 Å². The Morgan fingerprint density at radius 3 is 2.40 bits per heavy atom. The van der Waals surface area contributed by atoms with Crippen molar-refractivity contribution in [3.8, 4) is 0 Å². The number of pyridine rings is 1. The summed E-state index contributed by atoms with van der Waals surface area (Å²) in [7, 11) is 0. The first-order valence-corrected chi connectivity index (χ1v) is 12.2. The number of benzene rings is 2. The molecule has 1 atom stereocenters. The molecule has 1 aromatic heterocycles. The van der Waals surface area contributed by atoms with Gasteiger partial charge in [-0.15, -0.1) is 0 Å². The second-order valence-electron chi connectivity index (χ2n) is 7.94. The largest absolute Gasteiger partial charge is 0.480 e. The number of Topliss-reactive ketones (excluding diaryl/α,β-unsaturated/α-hetero) is 1. The molecule has 0 bridgehead atoms. The number of carboxylic acid groups (broad SMARTS) is 1. The number of carbonyl (C=O) groups excluding carboxylic acids is 2. The normalized spacial score (nSPS) is 11.5. The van der Waals surface area contributed by atoms with Crippen LogP contribution in [0.4, 0.5) is 5.82 Å². The Bertz CT molecular complexity index is 1150. The van der Waals surface area contributed by atoms with Crippen molar-refractivity contribution in [2.75, 3.05) is 11.9 Å². The number of hydrogen-bond acceptors (Lipinski definition) is 5. The van der Waals surface area contributed by atoms with Gasteiger partial charge in [-0.25, -0.2) is 9.78 Å². The second-order valence-corrected chi connectivity index (χ2v) is 9.20. The minimum absolute atomic E-state index is 0.0938. The summed E-state index contributed by atoms with van der Waals surface area (Å²) < 4.78 is 0.480. The van der Waals surface area contributed by atoms with Crippen molar-refractivity contribution in [2.24, 2.45) is 0 Å². The number of ketones is 1. The lowest BCUT2D eigenvalue weighted by atomic mass is 10.0. The minimum atomic E-state index is -1.15. The summed E-state index contributed by atoms with van der Waals surface area (Å²) in [4.78, 5) is 40.9. The quantitative estimate of drug-likeness (QED) is 0.272. The summed E-state index contributed by atoms with van der Waals surface area (Å²) >= 11 is 9.38. The van der Waals surface area contributed by atoms with E-state index in [-0.39, 0.29) is 22.8 Å². The van der Waals surface area contributed by atoms with E-state index in [1.165, 1.54) is 0 Å². The lowest BCUT2D eigenvalue weighted by Gasteiger charge is -2.16. The van der Waals surface area contributed by atoms with Crippen LogP contribution in [0.2, 0.25) is 5.02 Å². The molecule has 9 heteroatoms. The number of nitrogens with one attached hydrogen (secondary N) is 2. The predicted octanol–water partition coefficient (Wildman–Crippen LogP) is 4.93. The summed E-state index contributed by atoms with van der Waals surface area (Å²) in [5.74, 6) is -0.817. The third-order valence-electron chi connectivity index (χ3n) is 5.26. The zero-order valence-corrected chi connectivity index (χ0v) is 21.2. The maximum atomic E-state index is 12.6. The topological polar surface area (TPSA) is 108 Å². The number of anilines is 1. The summed E-state index contributed by atoms with van der Waals surface area (Å²) in [6, 6.07) is 16.6. The molecule has 0 saturated carbocycles. The third kappa shape index (κ3) is 8.19. The number of aromatic nitrogens is 1. The number of rotatable bonds is 12. The van der Waals surface area contributed by atoms with Crippen molar-refractivity contribution in [1.29, 1.82) is 0 Å². The van der Waals surface area contributed by atoms with Crippen LogP contribution in [0.5, 0.6) is 0 Å². The SMILES string of the molecule is O=C(CCCNc1ccccn1)Cc1ccc(C[C@H](NC(=O)c2c(Cl)cccc2Br)C(=O)O)cc1. The van der Waals surface area contributed by atoms with Gasteiger partial charge in [0.1, 0.15) is 17.6 Å². The molecule has 7 nitrogen and oxygen atoms in total. The van der Waals surface area contributed by atoms with Gasteiger partial charge in [0, 0.05) is 36.5 Å². The molecule has 0 aliphatic rings. The van der Waals surface area contributed by atoms with Gasteiger partial charge in [0.15, 0.2) is 0 Å². The van der Waals surface area contributed by atoms with Crippen LogP contribution in [0.3, 0.4) is 0 Å². The van der Waals surface area contributed by atoms with Crippen molar-refractivity contribution in [3.63, 3.8) is 0 Å². The van der Waals surface area contributed by atoms with Gasteiger partial charge in [0.05, 0.1) is 10.6 Å². The van der Waals surface area contributed by atoms with E-state index in [1.54, 1.807) is 36.5 Å². The average molecular weight is 559 g/mol. The Morgan fingerprint density at radius 2 is 1.74 bits per heavy atom. The highest BCUT2D eigenvalue weighted by Crippen LogP contribution is 2.24. The molecule has 0 fully saturated rings. The lowest BCUT2D eigenvalue weighted by molar-refractivity contribution is -0.139. The molecule has 2 aromatic carbocycles. The van der Waals surface area contributed by atoms with Crippen LogP contribution in [0.1, 0.15) is 34.3 Å². The first kappa shape index (κ1) is 26.4. The second kappa shape index (κ2) is 13.0. The number of halogens is 2. The number of aliphatic carboxylic acids is 1. The summed E-state index contributed by atoms with van der Waals surface area (Å²) in [5.41, 5.74) is 1.77.